The molecule has 0 spiro atoms. The van der Waals surface area contributed by atoms with Crippen LogP contribution in [0.4, 0.5) is 23.2 Å². The average molecular weight is 354 g/mol. The van der Waals surface area contributed by atoms with Gasteiger partial charge < -0.3 is 0 Å². The van der Waals surface area contributed by atoms with Gasteiger partial charge in [-0.2, -0.15) is 13.2 Å². The van der Waals surface area contributed by atoms with E-state index in [0.717, 1.165) is 18.2 Å². The highest BCUT2D eigenvalue weighted by atomic mass is 35.5. The molecule has 0 unspecified atom stereocenters. The molecule has 0 aromatic heterocycles. The van der Waals surface area contributed by atoms with Crippen molar-refractivity contribution in [3.8, 4) is 0 Å². The highest BCUT2D eigenvalue weighted by Gasteiger charge is 2.30. The van der Waals surface area contributed by atoms with Crippen molar-refractivity contribution in [1.82, 2.24) is 0 Å². The Morgan fingerprint density at radius 1 is 1.00 bits per heavy atom. The van der Waals surface area contributed by atoms with Gasteiger partial charge in [-0.25, -0.2) is 12.8 Å². The molecule has 0 aliphatic rings. The number of hydrogen-bond donors (Lipinski definition) is 1. The minimum Gasteiger partial charge on any atom is -0.280 e. The summed E-state index contributed by atoms with van der Waals surface area (Å²) in [5.41, 5.74) is -1.06. The lowest BCUT2D eigenvalue weighted by molar-refractivity contribution is -0.137. The van der Waals surface area contributed by atoms with Gasteiger partial charge in [-0.1, -0.05) is 17.7 Å². The zero-order valence-electron chi connectivity index (χ0n) is 10.7. The summed E-state index contributed by atoms with van der Waals surface area (Å²) in [7, 11) is -4.31. The summed E-state index contributed by atoms with van der Waals surface area (Å²) in [6.07, 6.45) is -4.53. The quantitative estimate of drug-likeness (QED) is 0.836. The minimum absolute atomic E-state index is 0.132. The summed E-state index contributed by atoms with van der Waals surface area (Å²) in [6, 6.07) is 6.71. The lowest BCUT2D eigenvalue weighted by Gasteiger charge is -2.11. The lowest BCUT2D eigenvalue weighted by Crippen LogP contribution is -2.15. The largest absolute Gasteiger partial charge is 0.416 e. The van der Waals surface area contributed by atoms with Crippen molar-refractivity contribution in [2.75, 3.05) is 4.72 Å². The van der Waals surface area contributed by atoms with E-state index in [4.69, 9.17) is 11.6 Å². The van der Waals surface area contributed by atoms with Gasteiger partial charge in [0.2, 0.25) is 0 Å². The maximum atomic E-state index is 13.7. The molecule has 2 rings (SSSR count). The van der Waals surface area contributed by atoms with Crippen LogP contribution in [-0.2, 0) is 16.2 Å². The van der Waals surface area contributed by atoms with E-state index < -0.39 is 32.5 Å². The molecule has 2 aromatic carbocycles. The highest BCUT2D eigenvalue weighted by molar-refractivity contribution is 7.92. The first kappa shape index (κ1) is 16.6. The molecule has 22 heavy (non-hydrogen) atoms. The maximum absolute atomic E-state index is 13.7. The first-order valence-corrected chi connectivity index (χ1v) is 7.61. The fourth-order valence-corrected chi connectivity index (χ4v) is 3.02. The standard InChI is InChI=1S/C13H8ClF4NO2S/c14-10-2-1-3-11(12(10)15)22(20,21)19-9-6-4-8(5-7-9)13(16,17)18/h1-7,19H. The van der Waals surface area contributed by atoms with E-state index in [1.54, 1.807) is 0 Å². The van der Waals surface area contributed by atoms with Crippen LogP contribution in [0.3, 0.4) is 0 Å². The van der Waals surface area contributed by atoms with Gasteiger partial charge in [-0.15, -0.1) is 0 Å². The molecule has 0 heterocycles. The molecule has 0 aliphatic heterocycles. The van der Waals surface area contributed by atoms with E-state index in [1.807, 2.05) is 4.72 Å². The summed E-state index contributed by atoms with van der Waals surface area (Å²) in [4.78, 5) is -0.695. The predicted octanol–water partition coefficient (Wildman–Crippen LogP) is 4.30. The number of hydrogen-bond acceptors (Lipinski definition) is 2. The van der Waals surface area contributed by atoms with Crippen LogP contribution in [0.25, 0.3) is 0 Å². The molecule has 9 heteroatoms. The third kappa shape index (κ3) is 3.50. The minimum atomic E-state index is -4.53. The Morgan fingerprint density at radius 3 is 2.14 bits per heavy atom. The van der Waals surface area contributed by atoms with Gasteiger partial charge >= 0.3 is 6.18 Å². The molecule has 3 nitrogen and oxygen atoms in total. The van der Waals surface area contributed by atoms with Crippen LogP contribution in [0.2, 0.25) is 5.02 Å². The Morgan fingerprint density at radius 2 is 1.59 bits per heavy atom. The zero-order valence-corrected chi connectivity index (χ0v) is 12.2. The molecule has 2 aromatic rings. The molecule has 0 saturated carbocycles. The van der Waals surface area contributed by atoms with Gasteiger partial charge in [-0.05, 0) is 36.4 Å². The van der Waals surface area contributed by atoms with Crippen molar-refractivity contribution in [2.45, 2.75) is 11.1 Å². The molecule has 0 atom stereocenters. The predicted molar refractivity (Wildman–Crippen MR) is 73.7 cm³/mol. The van der Waals surface area contributed by atoms with Crippen LogP contribution >= 0.6 is 11.6 Å². The highest BCUT2D eigenvalue weighted by Crippen LogP contribution is 2.30. The molecule has 0 radical (unpaired) electrons. The van der Waals surface area contributed by atoms with Crippen LogP contribution in [0.15, 0.2) is 47.4 Å². The van der Waals surface area contributed by atoms with E-state index in [9.17, 15) is 26.0 Å². The monoisotopic (exact) mass is 353 g/mol. The number of halogens is 5. The first-order chi connectivity index (χ1) is 10.1. The van der Waals surface area contributed by atoms with E-state index in [2.05, 4.69) is 0 Å². The number of rotatable bonds is 3. The molecule has 0 bridgehead atoms. The van der Waals surface area contributed by atoms with Crippen molar-refractivity contribution < 1.29 is 26.0 Å². The van der Waals surface area contributed by atoms with Crippen molar-refractivity contribution >= 4 is 27.3 Å². The molecular formula is C13H8ClF4NO2S. The Labute approximate surface area is 128 Å². The van der Waals surface area contributed by atoms with Crippen molar-refractivity contribution in [1.29, 1.82) is 0 Å². The molecule has 0 fully saturated rings. The smallest absolute Gasteiger partial charge is 0.280 e. The molecule has 118 valence electrons. The van der Waals surface area contributed by atoms with Crippen molar-refractivity contribution in [2.24, 2.45) is 0 Å². The van der Waals surface area contributed by atoms with Crippen molar-refractivity contribution in [3.63, 3.8) is 0 Å². The van der Waals surface area contributed by atoms with E-state index in [0.29, 0.717) is 12.1 Å². The normalized spacial score (nSPS) is 12.2. The summed E-state index contributed by atoms with van der Waals surface area (Å²) >= 11 is 5.50. The van der Waals surface area contributed by atoms with Crippen molar-refractivity contribution in [3.05, 3.63) is 58.9 Å². The van der Waals surface area contributed by atoms with E-state index in [1.165, 1.54) is 12.1 Å². The van der Waals surface area contributed by atoms with E-state index >= 15 is 0 Å². The van der Waals surface area contributed by atoms with Gasteiger partial charge in [0.05, 0.1) is 10.6 Å². The second-order valence-corrected chi connectivity index (χ2v) is 6.29. The van der Waals surface area contributed by atoms with Crippen LogP contribution in [-0.4, -0.2) is 8.42 Å². The van der Waals surface area contributed by atoms with Crippen LogP contribution in [0.5, 0.6) is 0 Å². The first-order valence-electron chi connectivity index (χ1n) is 5.75. The lowest BCUT2D eigenvalue weighted by atomic mass is 10.2. The average Bonchev–Trinajstić information content (AvgIpc) is 2.40. The van der Waals surface area contributed by atoms with Gasteiger partial charge in [0.25, 0.3) is 10.0 Å². The third-order valence-electron chi connectivity index (χ3n) is 2.67. The number of sulfonamides is 1. The van der Waals surface area contributed by atoms with Crippen LogP contribution in [0, 0.1) is 5.82 Å². The second-order valence-electron chi connectivity index (χ2n) is 4.23. The maximum Gasteiger partial charge on any atom is 0.416 e. The molecule has 0 aliphatic carbocycles. The Bertz CT molecular complexity index is 789. The fraction of sp³-hybridized carbons (Fsp3) is 0.0769. The van der Waals surface area contributed by atoms with Gasteiger partial charge in [-0.3, -0.25) is 4.72 Å². The summed E-state index contributed by atoms with van der Waals surface area (Å²) in [5.74, 6) is -1.14. The number of benzene rings is 2. The van der Waals surface area contributed by atoms with Gasteiger partial charge in [0.1, 0.15) is 4.90 Å². The molecular weight excluding hydrogens is 346 g/mol. The van der Waals surface area contributed by atoms with Gasteiger partial charge in [0, 0.05) is 5.69 Å². The van der Waals surface area contributed by atoms with E-state index in [-0.39, 0.29) is 10.7 Å². The number of nitrogens with one attached hydrogen (secondary N) is 1. The van der Waals surface area contributed by atoms with Gasteiger partial charge in [0.15, 0.2) is 5.82 Å². The molecule has 0 amide bonds. The Balaban J connectivity index is 2.31. The molecule has 0 saturated heterocycles. The summed E-state index contributed by atoms with van der Waals surface area (Å²) in [5, 5.41) is -0.379. The fourth-order valence-electron chi connectivity index (χ4n) is 1.63. The zero-order chi connectivity index (χ0) is 16.5. The SMILES string of the molecule is O=S(=O)(Nc1ccc(C(F)(F)F)cc1)c1cccc(Cl)c1F. The molecule has 1 N–H and O–H groups in total. The third-order valence-corrected chi connectivity index (χ3v) is 4.36. The second kappa shape index (κ2) is 5.77. The van der Waals surface area contributed by atoms with Crippen LogP contribution in [0.1, 0.15) is 5.56 Å². The Hall–Kier alpha value is -1.80. The topological polar surface area (TPSA) is 46.2 Å². The summed E-state index contributed by atoms with van der Waals surface area (Å²) < 4.78 is 77.0. The number of anilines is 1. The number of alkyl halides is 3. The Kier molecular flexibility index (Phi) is 4.35. The summed E-state index contributed by atoms with van der Waals surface area (Å²) in [6.45, 7) is 0. The van der Waals surface area contributed by atoms with Crippen LogP contribution < -0.4 is 4.72 Å².